The van der Waals surface area contributed by atoms with Crippen molar-refractivity contribution >= 4 is 17.7 Å². The number of hydrogen-bond acceptors (Lipinski definition) is 6. The fraction of sp³-hybridized carbons (Fsp3) is 0.706. The van der Waals surface area contributed by atoms with E-state index in [2.05, 4.69) is 34.0 Å². The number of rotatable bonds is 7. The van der Waals surface area contributed by atoms with E-state index in [4.69, 9.17) is 4.74 Å². The molecular formula is C17H28N4O2S. The second-order valence-corrected chi connectivity index (χ2v) is 7.38. The summed E-state index contributed by atoms with van der Waals surface area (Å²) in [6.07, 6.45) is 1.53. The van der Waals surface area contributed by atoms with Gasteiger partial charge in [0.15, 0.2) is 5.16 Å². The van der Waals surface area contributed by atoms with Crippen molar-refractivity contribution in [2.75, 3.05) is 31.9 Å². The number of thioether (sulfide) groups is 1. The van der Waals surface area contributed by atoms with Gasteiger partial charge in [0, 0.05) is 37.6 Å². The highest BCUT2D eigenvalue weighted by atomic mass is 32.2. The van der Waals surface area contributed by atoms with Crippen molar-refractivity contribution in [1.29, 1.82) is 0 Å². The maximum atomic E-state index is 11.9. The molecule has 0 saturated carbocycles. The molecule has 1 fully saturated rings. The summed E-state index contributed by atoms with van der Waals surface area (Å²) in [4.78, 5) is 23.0. The SMILES string of the molecule is Cc1cc(C)nc(SCC(=O)NCCCN2CC(C)OC(C)C2)n1. The van der Waals surface area contributed by atoms with Gasteiger partial charge in [-0.2, -0.15) is 0 Å². The number of aryl methyl sites for hydroxylation is 2. The van der Waals surface area contributed by atoms with Crippen LogP contribution in [0.5, 0.6) is 0 Å². The smallest absolute Gasteiger partial charge is 0.230 e. The third-order valence-corrected chi connectivity index (χ3v) is 4.61. The normalized spacial score (nSPS) is 21.7. The van der Waals surface area contributed by atoms with Crippen LogP contribution >= 0.6 is 11.8 Å². The van der Waals surface area contributed by atoms with E-state index in [0.717, 1.165) is 37.4 Å². The molecule has 2 unspecified atom stereocenters. The first-order chi connectivity index (χ1) is 11.4. The summed E-state index contributed by atoms with van der Waals surface area (Å²) >= 11 is 1.38. The van der Waals surface area contributed by atoms with Crippen molar-refractivity contribution in [3.63, 3.8) is 0 Å². The monoisotopic (exact) mass is 352 g/mol. The van der Waals surface area contributed by atoms with Gasteiger partial charge >= 0.3 is 0 Å². The second-order valence-electron chi connectivity index (χ2n) is 6.44. The fourth-order valence-corrected chi connectivity index (χ4v) is 3.72. The minimum atomic E-state index is 0.0338. The Morgan fingerprint density at radius 1 is 1.29 bits per heavy atom. The molecule has 1 aliphatic heterocycles. The first-order valence-corrected chi connectivity index (χ1v) is 9.50. The van der Waals surface area contributed by atoms with Gasteiger partial charge in [0.25, 0.3) is 0 Å². The minimum absolute atomic E-state index is 0.0338. The van der Waals surface area contributed by atoms with Gasteiger partial charge in [0.2, 0.25) is 5.91 Å². The van der Waals surface area contributed by atoms with E-state index in [1.807, 2.05) is 19.9 Å². The Balaban J connectivity index is 1.61. The lowest BCUT2D eigenvalue weighted by Crippen LogP contribution is -2.46. The van der Waals surface area contributed by atoms with E-state index in [0.29, 0.717) is 17.5 Å². The molecule has 0 bridgehead atoms. The summed E-state index contributed by atoms with van der Waals surface area (Å²) in [5.74, 6) is 0.389. The number of amides is 1. The van der Waals surface area contributed by atoms with E-state index in [-0.39, 0.29) is 18.1 Å². The Kier molecular flexibility index (Phi) is 7.45. The molecule has 0 radical (unpaired) electrons. The third-order valence-electron chi connectivity index (χ3n) is 3.76. The van der Waals surface area contributed by atoms with Crippen LogP contribution in [0, 0.1) is 13.8 Å². The van der Waals surface area contributed by atoms with Crippen LogP contribution in [0.3, 0.4) is 0 Å². The van der Waals surface area contributed by atoms with Gasteiger partial charge in [-0.1, -0.05) is 11.8 Å². The number of hydrogen-bond donors (Lipinski definition) is 1. The van der Waals surface area contributed by atoms with Crippen molar-refractivity contribution in [1.82, 2.24) is 20.2 Å². The standard InChI is InChI=1S/C17H28N4O2S/c1-12-8-13(2)20-17(19-12)24-11-16(22)18-6-5-7-21-9-14(3)23-15(4)10-21/h8,14-15H,5-7,9-11H2,1-4H3,(H,18,22). The molecule has 6 nitrogen and oxygen atoms in total. The predicted octanol–water partition coefficient (Wildman–Crippen LogP) is 1.80. The average Bonchev–Trinajstić information content (AvgIpc) is 2.48. The maximum Gasteiger partial charge on any atom is 0.230 e. The molecular weight excluding hydrogens is 324 g/mol. The quantitative estimate of drug-likeness (QED) is 0.458. The highest BCUT2D eigenvalue weighted by Crippen LogP contribution is 2.13. The fourth-order valence-electron chi connectivity index (χ4n) is 2.94. The molecule has 7 heteroatoms. The number of nitrogens with zero attached hydrogens (tertiary/aromatic N) is 3. The van der Waals surface area contributed by atoms with Crippen LogP contribution < -0.4 is 5.32 Å². The van der Waals surface area contributed by atoms with Gasteiger partial charge in [0.05, 0.1) is 18.0 Å². The van der Waals surface area contributed by atoms with Gasteiger partial charge in [-0.05, 0) is 40.2 Å². The lowest BCUT2D eigenvalue weighted by molar-refractivity contribution is -0.118. The van der Waals surface area contributed by atoms with E-state index in [9.17, 15) is 4.79 Å². The Labute approximate surface area is 148 Å². The Morgan fingerprint density at radius 2 is 1.92 bits per heavy atom. The molecule has 1 N–H and O–H groups in total. The number of ether oxygens (including phenoxy) is 1. The topological polar surface area (TPSA) is 67.4 Å². The summed E-state index contributed by atoms with van der Waals surface area (Å²) in [5.41, 5.74) is 1.86. The van der Waals surface area contributed by atoms with Gasteiger partial charge in [-0.15, -0.1) is 0 Å². The molecule has 0 aliphatic carbocycles. The molecule has 2 rings (SSSR count). The average molecular weight is 353 g/mol. The third kappa shape index (κ3) is 6.75. The number of carbonyl (C=O) groups is 1. The number of carbonyl (C=O) groups excluding carboxylic acids is 1. The predicted molar refractivity (Wildman–Crippen MR) is 96.3 cm³/mol. The van der Waals surface area contributed by atoms with Crippen LogP contribution in [0.15, 0.2) is 11.2 Å². The molecule has 2 atom stereocenters. The van der Waals surface area contributed by atoms with Crippen molar-refractivity contribution in [2.24, 2.45) is 0 Å². The largest absolute Gasteiger partial charge is 0.373 e. The Morgan fingerprint density at radius 3 is 2.54 bits per heavy atom. The zero-order valence-corrected chi connectivity index (χ0v) is 15.9. The maximum absolute atomic E-state index is 11.9. The number of nitrogens with one attached hydrogen (secondary N) is 1. The molecule has 0 spiro atoms. The Bertz CT molecular complexity index is 525. The van der Waals surface area contributed by atoms with Crippen LogP contribution in [0.2, 0.25) is 0 Å². The summed E-state index contributed by atoms with van der Waals surface area (Å²) in [6.45, 7) is 11.7. The minimum Gasteiger partial charge on any atom is -0.373 e. The summed E-state index contributed by atoms with van der Waals surface area (Å²) in [7, 11) is 0. The van der Waals surface area contributed by atoms with Gasteiger partial charge in [-0.3, -0.25) is 9.69 Å². The van der Waals surface area contributed by atoms with E-state index in [1.54, 1.807) is 0 Å². The molecule has 1 aliphatic rings. The van der Waals surface area contributed by atoms with Crippen LogP contribution in [-0.2, 0) is 9.53 Å². The lowest BCUT2D eigenvalue weighted by Gasteiger charge is -2.35. The molecule has 24 heavy (non-hydrogen) atoms. The first-order valence-electron chi connectivity index (χ1n) is 8.52. The van der Waals surface area contributed by atoms with Crippen molar-refractivity contribution < 1.29 is 9.53 Å². The lowest BCUT2D eigenvalue weighted by atomic mass is 10.2. The highest BCUT2D eigenvalue weighted by molar-refractivity contribution is 7.99. The van der Waals surface area contributed by atoms with Gasteiger partial charge in [-0.25, -0.2) is 9.97 Å². The zero-order valence-electron chi connectivity index (χ0n) is 15.0. The van der Waals surface area contributed by atoms with Gasteiger partial charge < -0.3 is 10.1 Å². The van der Waals surface area contributed by atoms with E-state index >= 15 is 0 Å². The zero-order chi connectivity index (χ0) is 17.5. The van der Waals surface area contributed by atoms with Gasteiger partial charge in [0.1, 0.15) is 0 Å². The van der Waals surface area contributed by atoms with E-state index < -0.39 is 0 Å². The van der Waals surface area contributed by atoms with Crippen LogP contribution in [0.25, 0.3) is 0 Å². The highest BCUT2D eigenvalue weighted by Gasteiger charge is 2.21. The molecule has 0 aromatic carbocycles. The Hall–Kier alpha value is -1.18. The number of morpholine rings is 1. The number of aromatic nitrogens is 2. The van der Waals surface area contributed by atoms with Crippen molar-refractivity contribution in [3.05, 3.63) is 17.5 Å². The molecule has 1 aromatic heterocycles. The molecule has 1 amide bonds. The summed E-state index contributed by atoms with van der Waals surface area (Å²) in [6, 6.07) is 1.93. The van der Waals surface area contributed by atoms with Crippen LogP contribution in [0.4, 0.5) is 0 Å². The van der Waals surface area contributed by atoms with Crippen LogP contribution in [-0.4, -0.2) is 64.9 Å². The summed E-state index contributed by atoms with van der Waals surface area (Å²) < 4.78 is 5.73. The van der Waals surface area contributed by atoms with Crippen molar-refractivity contribution in [2.45, 2.75) is 51.5 Å². The molecule has 1 saturated heterocycles. The van der Waals surface area contributed by atoms with Crippen molar-refractivity contribution in [3.8, 4) is 0 Å². The molecule has 1 aromatic rings. The summed E-state index contributed by atoms with van der Waals surface area (Å²) in [5, 5.41) is 3.64. The second kappa shape index (κ2) is 9.34. The van der Waals surface area contributed by atoms with Crippen LogP contribution in [0.1, 0.15) is 31.7 Å². The first kappa shape index (κ1) is 19.1. The van der Waals surface area contributed by atoms with E-state index in [1.165, 1.54) is 11.8 Å². The molecule has 134 valence electrons. The molecule has 2 heterocycles.